The molecule has 0 aliphatic carbocycles. The van der Waals surface area contributed by atoms with Crippen molar-refractivity contribution in [3.8, 4) is 11.5 Å². The second-order valence-corrected chi connectivity index (χ2v) is 4.74. The topological polar surface area (TPSA) is 54.9 Å². The molecule has 5 nitrogen and oxygen atoms in total. The van der Waals surface area contributed by atoms with E-state index in [4.69, 9.17) is 9.47 Å². The maximum atomic E-state index is 12.2. The molecular weight excluding hydrogens is 438 g/mol. The standard InChI is InChI=1S/C15H22F3N3O2.HI/c1-4-7-20-14(19-2)21-9-11-5-6-12(13(8-11)22-3)23-10-15(16,17)18;/h5-6,8H,4,7,9-10H2,1-3H3,(H2,19,20,21);1H. The van der Waals surface area contributed by atoms with Gasteiger partial charge < -0.3 is 20.1 Å². The Kier molecular flexibility index (Phi) is 10.6. The number of guanidine groups is 1. The summed E-state index contributed by atoms with van der Waals surface area (Å²) in [6.45, 7) is 1.95. The fourth-order valence-corrected chi connectivity index (χ4v) is 1.75. The van der Waals surface area contributed by atoms with Crippen molar-refractivity contribution in [1.29, 1.82) is 0 Å². The van der Waals surface area contributed by atoms with Crippen LogP contribution in [0.15, 0.2) is 23.2 Å². The van der Waals surface area contributed by atoms with Crippen LogP contribution in [-0.2, 0) is 6.54 Å². The Morgan fingerprint density at radius 2 is 1.92 bits per heavy atom. The molecule has 24 heavy (non-hydrogen) atoms. The number of nitrogens with one attached hydrogen (secondary N) is 2. The normalized spacial score (nSPS) is 11.5. The Bertz CT molecular complexity index is 525. The molecule has 0 saturated heterocycles. The summed E-state index contributed by atoms with van der Waals surface area (Å²) >= 11 is 0. The van der Waals surface area contributed by atoms with E-state index in [0.29, 0.717) is 12.5 Å². The molecule has 1 aromatic carbocycles. The SMILES string of the molecule is CCCNC(=NC)NCc1ccc(OCC(F)(F)F)c(OC)c1.I. The van der Waals surface area contributed by atoms with Crippen molar-refractivity contribution in [2.24, 2.45) is 4.99 Å². The second-order valence-electron chi connectivity index (χ2n) is 4.74. The van der Waals surface area contributed by atoms with Crippen LogP contribution in [-0.4, -0.2) is 39.4 Å². The van der Waals surface area contributed by atoms with Crippen molar-refractivity contribution in [3.63, 3.8) is 0 Å². The van der Waals surface area contributed by atoms with Gasteiger partial charge in [0.15, 0.2) is 24.1 Å². The lowest BCUT2D eigenvalue weighted by Gasteiger charge is -2.15. The van der Waals surface area contributed by atoms with Gasteiger partial charge in [0.2, 0.25) is 0 Å². The summed E-state index contributed by atoms with van der Waals surface area (Å²) in [5.41, 5.74) is 0.834. The van der Waals surface area contributed by atoms with E-state index in [9.17, 15) is 13.2 Å². The smallest absolute Gasteiger partial charge is 0.422 e. The number of benzene rings is 1. The zero-order chi connectivity index (χ0) is 17.3. The first-order chi connectivity index (χ1) is 10.9. The summed E-state index contributed by atoms with van der Waals surface area (Å²) < 4.78 is 46.5. The molecule has 0 saturated carbocycles. The van der Waals surface area contributed by atoms with Crippen molar-refractivity contribution in [3.05, 3.63) is 23.8 Å². The quantitative estimate of drug-likeness (QED) is 0.372. The highest BCUT2D eigenvalue weighted by Gasteiger charge is 2.29. The van der Waals surface area contributed by atoms with Crippen molar-refractivity contribution in [2.45, 2.75) is 26.1 Å². The van der Waals surface area contributed by atoms with Crippen molar-refractivity contribution >= 4 is 29.9 Å². The predicted molar refractivity (Wildman–Crippen MR) is 98.5 cm³/mol. The molecular formula is C15H23F3IN3O2. The molecule has 1 rings (SSSR count). The monoisotopic (exact) mass is 461 g/mol. The number of hydrogen-bond donors (Lipinski definition) is 2. The van der Waals surface area contributed by atoms with Gasteiger partial charge in [0, 0.05) is 20.1 Å². The van der Waals surface area contributed by atoms with Crippen molar-refractivity contribution in [2.75, 3.05) is 27.3 Å². The number of rotatable bonds is 7. The third-order valence-electron chi connectivity index (χ3n) is 2.85. The summed E-state index contributed by atoms with van der Waals surface area (Å²) in [4.78, 5) is 4.07. The van der Waals surface area contributed by atoms with Gasteiger partial charge in [-0.1, -0.05) is 13.0 Å². The van der Waals surface area contributed by atoms with Gasteiger partial charge in [-0.2, -0.15) is 13.2 Å². The molecule has 0 amide bonds. The second kappa shape index (κ2) is 11.2. The van der Waals surface area contributed by atoms with E-state index in [0.717, 1.165) is 18.5 Å². The highest BCUT2D eigenvalue weighted by molar-refractivity contribution is 14.0. The van der Waals surface area contributed by atoms with Gasteiger partial charge in [-0.25, -0.2) is 0 Å². The Morgan fingerprint density at radius 1 is 1.21 bits per heavy atom. The van der Waals surface area contributed by atoms with E-state index in [1.54, 1.807) is 19.2 Å². The van der Waals surface area contributed by atoms with Gasteiger partial charge in [-0.15, -0.1) is 24.0 Å². The fourth-order valence-electron chi connectivity index (χ4n) is 1.75. The zero-order valence-electron chi connectivity index (χ0n) is 13.9. The number of hydrogen-bond acceptors (Lipinski definition) is 3. The maximum absolute atomic E-state index is 12.2. The molecule has 138 valence electrons. The van der Waals surface area contributed by atoms with Crippen LogP contribution in [0.2, 0.25) is 0 Å². The van der Waals surface area contributed by atoms with Crippen LogP contribution in [0, 0.1) is 0 Å². The summed E-state index contributed by atoms with van der Waals surface area (Å²) in [6.07, 6.45) is -3.41. The Hall–Kier alpha value is -1.39. The van der Waals surface area contributed by atoms with Crippen LogP contribution >= 0.6 is 24.0 Å². The van der Waals surface area contributed by atoms with Crippen LogP contribution in [0.25, 0.3) is 0 Å². The summed E-state index contributed by atoms with van der Waals surface area (Å²) in [7, 11) is 3.05. The van der Waals surface area contributed by atoms with Crippen LogP contribution in [0.4, 0.5) is 13.2 Å². The summed E-state index contributed by atoms with van der Waals surface area (Å²) in [5.74, 6) is 0.968. The molecule has 0 radical (unpaired) electrons. The van der Waals surface area contributed by atoms with E-state index in [-0.39, 0.29) is 35.5 Å². The minimum atomic E-state index is -4.39. The zero-order valence-corrected chi connectivity index (χ0v) is 16.2. The minimum absolute atomic E-state index is 0. The first-order valence-corrected chi connectivity index (χ1v) is 7.20. The summed E-state index contributed by atoms with van der Waals surface area (Å²) in [6, 6.07) is 4.77. The maximum Gasteiger partial charge on any atom is 0.422 e. The first-order valence-electron chi connectivity index (χ1n) is 7.20. The molecule has 0 heterocycles. The number of ether oxygens (including phenoxy) is 2. The molecule has 2 N–H and O–H groups in total. The van der Waals surface area contributed by atoms with Gasteiger partial charge in [-0.05, 0) is 24.1 Å². The van der Waals surface area contributed by atoms with Crippen LogP contribution in [0.5, 0.6) is 11.5 Å². The van der Waals surface area contributed by atoms with Gasteiger partial charge >= 0.3 is 6.18 Å². The summed E-state index contributed by atoms with van der Waals surface area (Å²) in [5, 5.41) is 6.23. The van der Waals surface area contributed by atoms with E-state index < -0.39 is 12.8 Å². The minimum Gasteiger partial charge on any atom is -0.493 e. The average molecular weight is 461 g/mol. The largest absolute Gasteiger partial charge is 0.493 e. The van der Waals surface area contributed by atoms with Crippen molar-refractivity contribution < 1.29 is 22.6 Å². The number of methoxy groups -OCH3 is 1. The van der Waals surface area contributed by atoms with Crippen LogP contribution in [0.1, 0.15) is 18.9 Å². The number of nitrogens with zero attached hydrogens (tertiary/aromatic N) is 1. The Morgan fingerprint density at radius 3 is 2.46 bits per heavy atom. The number of alkyl halides is 3. The van der Waals surface area contributed by atoms with E-state index in [2.05, 4.69) is 15.6 Å². The average Bonchev–Trinajstić information content (AvgIpc) is 2.52. The van der Waals surface area contributed by atoms with Crippen LogP contribution in [0.3, 0.4) is 0 Å². The molecule has 0 unspecified atom stereocenters. The Labute approximate surface area is 157 Å². The molecule has 0 fully saturated rings. The molecule has 1 aromatic rings. The lowest BCUT2D eigenvalue weighted by molar-refractivity contribution is -0.153. The lowest BCUT2D eigenvalue weighted by Crippen LogP contribution is -2.37. The number of aliphatic imine (C=N–C) groups is 1. The molecule has 9 heteroatoms. The molecule has 0 aliphatic heterocycles. The van der Waals surface area contributed by atoms with Crippen LogP contribution < -0.4 is 20.1 Å². The van der Waals surface area contributed by atoms with E-state index >= 15 is 0 Å². The van der Waals surface area contributed by atoms with Gasteiger partial charge in [0.05, 0.1) is 7.11 Å². The highest BCUT2D eigenvalue weighted by atomic mass is 127. The van der Waals surface area contributed by atoms with E-state index in [1.807, 2.05) is 6.92 Å². The highest BCUT2D eigenvalue weighted by Crippen LogP contribution is 2.29. The lowest BCUT2D eigenvalue weighted by atomic mass is 10.2. The predicted octanol–water partition coefficient (Wildman–Crippen LogP) is 3.33. The first kappa shape index (κ1) is 22.6. The van der Waals surface area contributed by atoms with Crippen molar-refractivity contribution in [1.82, 2.24) is 10.6 Å². The third-order valence-corrected chi connectivity index (χ3v) is 2.85. The Balaban J connectivity index is 0.00000529. The molecule has 0 bridgehead atoms. The number of halogens is 4. The van der Waals surface area contributed by atoms with E-state index in [1.165, 1.54) is 13.2 Å². The fraction of sp³-hybridized carbons (Fsp3) is 0.533. The molecule has 0 atom stereocenters. The van der Waals surface area contributed by atoms with Gasteiger partial charge in [0.1, 0.15) is 0 Å². The molecule has 0 aliphatic rings. The molecule has 0 aromatic heterocycles. The van der Waals surface area contributed by atoms with Gasteiger partial charge in [-0.3, -0.25) is 4.99 Å². The van der Waals surface area contributed by atoms with Gasteiger partial charge in [0.25, 0.3) is 0 Å². The third kappa shape index (κ3) is 8.46. The molecule has 0 spiro atoms.